The highest BCUT2D eigenvalue weighted by Crippen LogP contribution is 2.18. The Morgan fingerprint density at radius 3 is 2.74 bits per heavy atom. The molecule has 0 saturated carbocycles. The first-order valence-corrected chi connectivity index (χ1v) is 7.46. The fourth-order valence-electron chi connectivity index (χ4n) is 2.12. The zero-order valence-electron chi connectivity index (χ0n) is 13.1. The predicted octanol–water partition coefficient (Wildman–Crippen LogP) is 2.87. The molecule has 0 bridgehead atoms. The van der Waals surface area contributed by atoms with Crippen LogP contribution >= 0.6 is 0 Å². The standard InChI is InChI=1S/C17H18N4O2/c1-12(2)16-19-17-14(9-6-10-21(17)20-16)18-15(22)11-23-13-7-4-3-5-8-13/h3-10,12H,11H2,1-2H3,(H,18,22). The van der Waals surface area contributed by atoms with Gasteiger partial charge in [0.05, 0.1) is 5.69 Å². The minimum absolute atomic E-state index is 0.0593. The van der Waals surface area contributed by atoms with E-state index in [1.165, 1.54) is 0 Å². The lowest BCUT2D eigenvalue weighted by molar-refractivity contribution is -0.118. The van der Waals surface area contributed by atoms with Crippen molar-refractivity contribution in [2.24, 2.45) is 0 Å². The van der Waals surface area contributed by atoms with Crippen LogP contribution in [0.4, 0.5) is 5.69 Å². The second-order valence-corrected chi connectivity index (χ2v) is 5.46. The average molecular weight is 310 g/mol. The number of anilines is 1. The van der Waals surface area contributed by atoms with E-state index >= 15 is 0 Å². The van der Waals surface area contributed by atoms with Crippen LogP contribution < -0.4 is 10.1 Å². The number of para-hydroxylation sites is 1. The summed E-state index contributed by atoms with van der Waals surface area (Å²) in [6, 6.07) is 12.8. The molecule has 0 saturated heterocycles. The molecule has 0 aliphatic rings. The number of rotatable bonds is 5. The van der Waals surface area contributed by atoms with Crippen LogP contribution in [0.25, 0.3) is 5.65 Å². The summed E-state index contributed by atoms with van der Waals surface area (Å²) in [4.78, 5) is 16.6. The number of fused-ring (bicyclic) bond motifs is 1. The van der Waals surface area contributed by atoms with E-state index in [0.717, 1.165) is 5.82 Å². The van der Waals surface area contributed by atoms with Gasteiger partial charge in [-0.05, 0) is 24.3 Å². The molecule has 0 radical (unpaired) electrons. The monoisotopic (exact) mass is 310 g/mol. The van der Waals surface area contributed by atoms with Crippen LogP contribution in [0, 0.1) is 0 Å². The quantitative estimate of drug-likeness (QED) is 0.787. The number of hydrogen-bond donors (Lipinski definition) is 1. The second-order valence-electron chi connectivity index (χ2n) is 5.46. The Labute approximate surface area is 134 Å². The largest absolute Gasteiger partial charge is 0.484 e. The number of ether oxygens (including phenoxy) is 1. The minimum atomic E-state index is -0.240. The molecular weight excluding hydrogens is 292 g/mol. The van der Waals surface area contributed by atoms with Gasteiger partial charge in [0, 0.05) is 12.1 Å². The Morgan fingerprint density at radius 1 is 1.22 bits per heavy atom. The number of hydrogen-bond acceptors (Lipinski definition) is 4. The van der Waals surface area contributed by atoms with E-state index in [4.69, 9.17) is 4.74 Å². The van der Waals surface area contributed by atoms with Gasteiger partial charge in [-0.25, -0.2) is 9.50 Å². The molecule has 0 aliphatic carbocycles. The summed E-state index contributed by atoms with van der Waals surface area (Å²) in [5, 5.41) is 7.22. The van der Waals surface area contributed by atoms with E-state index in [1.54, 1.807) is 22.7 Å². The molecule has 0 aliphatic heterocycles. The Hall–Kier alpha value is -2.89. The number of carbonyl (C=O) groups excluding carboxylic acids is 1. The maximum atomic E-state index is 12.1. The van der Waals surface area contributed by atoms with Crippen LogP contribution in [0.5, 0.6) is 5.75 Å². The molecule has 6 nitrogen and oxygen atoms in total. The molecular formula is C17H18N4O2. The molecule has 2 heterocycles. The van der Waals surface area contributed by atoms with E-state index in [1.807, 2.05) is 44.3 Å². The Balaban J connectivity index is 1.72. The van der Waals surface area contributed by atoms with Crippen molar-refractivity contribution in [3.8, 4) is 5.75 Å². The van der Waals surface area contributed by atoms with Gasteiger partial charge in [0.25, 0.3) is 5.91 Å². The summed E-state index contributed by atoms with van der Waals surface area (Å²) in [6.45, 7) is 4.00. The van der Waals surface area contributed by atoms with Gasteiger partial charge in [0.2, 0.25) is 0 Å². The molecule has 6 heteroatoms. The first-order valence-electron chi connectivity index (χ1n) is 7.46. The molecule has 0 unspecified atom stereocenters. The number of aromatic nitrogens is 3. The minimum Gasteiger partial charge on any atom is -0.484 e. The highest BCUT2D eigenvalue weighted by Gasteiger charge is 2.12. The fraction of sp³-hybridized carbons (Fsp3) is 0.235. The van der Waals surface area contributed by atoms with Gasteiger partial charge in [-0.2, -0.15) is 5.10 Å². The molecule has 0 fully saturated rings. The molecule has 118 valence electrons. The third-order valence-electron chi connectivity index (χ3n) is 3.28. The third-order valence-corrected chi connectivity index (χ3v) is 3.28. The summed E-state index contributed by atoms with van der Waals surface area (Å²) in [6.07, 6.45) is 1.81. The highest BCUT2D eigenvalue weighted by atomic mass is 16.5. The lowest BCUT2D eigenvalue weighted by atomic mass is 10.2. The number of nitrogens with zero attached hydrogens (tertiary/aromatic N) is 3. The van der Waals surface area contributed by atoms with Crippen molar-refractivity contribution < 1.29 is 9.53 Å². The zero-order valence-corrected chi connectivity index (χ0v) is 13.1. The first-order chi connectivity index (χ1) is 11.1. The van der Waals surface area contributed by atoms with E-state index in [0.29, 0.717) is 17.1 Å². The van der Waals surface area contributed by atoms with Crippen molar-refractivity contribution in [3.63, 3.8) is 0 Å². The Kier molecular flexibility index (Phi) is 4.23. The molecule has 2 aromatic heterocycles. The first kappa shape index (κ1) is 15.0. The molecule has 1 N–H and O–H groups in total. The van der Waals surface area contributed by atoms with Crippen molar-refractivity contribution in [3.05, 3.63) is 54.5 Å². The van der Waals surface area contributed by atoms with E-state index < -0.39 is 0 Å². The van der Waals surface area contributed by atoms with Crippen LogP contribution in [0.1, 0.15) is 25.6 Å². The van der Waals surface area contributed by atoms with Gasteiger partial charge in [-0.3, -0.25) is 4.79 Å². The number of benzene rings is 1. The van der Waals surface area contributed by atoms with E-state index in [-0.39, 0.29) is 18.4 Å². The summed E-state index contributed by atoms with van der Waals surface area (Å²) in [5.74, 6) is 1.38. The van der Waals surface area contributed by atoms with Gasteiger partial charge >= 0.3 is 0 Å². The summed E-state index contributed by atoms with van der Waals surface area (Å²) < 4.78 is 7.11. The number of carbonyl (C=O) groups is 1. The zero-order chi connectivity index (χ0) is 16.2. The number of nitrogens with one attached hydrogen (secondary N) is 1. The smallest absolute Gasteiger partial charge is 0.262 e. The topological polar surface area (TPSA) is 68.5 Å². The molecule has 1 amide bonds. The molecule has 1 aromatic carbocycles. The lowest BCUT2D eigenvalue weighted by Gasteiger charge is -2.07. The third kappa shape index (κ3) is 3.48. The predicted molar refractivity (Wildman–Crippen MR) is 87.6 cm³/mol. The van der Waals surface area contributed by atoms with Gasteiger partial charge in [-0.15, -0.1) is 0 Å². The van der Waals surface area contributed by atoms with Crippen LogP contribution in [0.3, 0.4) is 0 Å². The number of amides is 1. The van der Waals surface area contributed by atoms with Crippen molar-refractivity contribution in [1.82, 2.24) is 14.6 Å². The van der Waals surface area contributed by atoms with Crippen molar-refractivity contribution in [2.45, 2.75) is 19.8 Å². The normalized spacial score (nSPS) is 10.9. The van der Waals surface area contributed by atoms with Crippen molar-refractivity contribution in [1.29, 1.82) is 0 Å². The molecule has 3 aromatic rings. The summed E-state index contributed by atoms with van der Waals surface area (Å²) >= 11 is 0. The van der Waals surface area contributed by atoms with Gasteiger partial charge in [0.15, 0.2) is 18.1 Å². The van der Waals surface area contributed by atoms with E-state index in [2.05, 4.69) is 15.4 Å². The second kappa shape index (κ2) is 6.48. The maximum absolute atomic E-state index is 12.1. The lowest BCUT2D eigenvalue weighted by Crippen LogP contribution is -2.20. The Morgan fingerprint density at radius 2 is 2.00 bits per heavy atom. The van der Waals surface area contributed by atoms with Gasteiger partial charge in [-0.1, -0.05) is 32.0 Å². The van der Waals surface area contributed by atoms with Gasteiger partial charge < -0.3 is 10.1 Å². The van der Waals surface area contributed by atoms with Crippen molar-refractivity contribution in [2.75, 3.05) is 11.9 Å². The highest BCUT2D eigenvalue weighted by molar-refractivity contribution is 5.95. The molecule has 0 spiro atoms. The van der Waals surface area contributed by atoms with Gasteiger partial charge in [0.1, 0.15) is 5.75 Å². The SMILES string of the molecule is CC(C)c1nc2c(NC(=O)COc3ccccc3)cccn2n1. The molecule has 3 rings (SSSR count). The maximum Gasteiger partial charge on any atom is 0.262 e. The van der Waals surface area contributed by atoms with Crippen LogP contribution in [0.2, 0.25) is 0 Å². The van der Waals surface area contributed by atoms with E-state index in [9.17, 15) is 4.79 Å². The van der Waals surface area contributed by atoms with Crippen LogP contribution in [-0.2, 0) is 4.79 Å². The summed E-state index contributed by atoms with van der Waals surface area (Å²) in [5.41, 5.74) is 1.25. The van der Waals surface area contributed by atoms with Crippen molar-refractivity contribution >= 4 is 17.2 Å². The fourth-order valence-corrected chi connectivity index (χ4v) is 2.12. The number of pyridine rings is 1. The Bertz CT molecular complexity index is 812. The molecule has 0 atom stereocenters. The molecule has 23 heavy (non-hydrogen) atoms. The average Bonchev–Trinajstić information content (AvgIpc) is 3.00. The van der Waals surface area contributed by atoms with Crippen LogP contribution in [0.15, 0.2) is 48.7 Å². The van der Waals surface area contributed by atoms with Crippen LogP contribution in [-0.4, -0.2) is 27.1 Å². The summed E-state index contributed by atoms with van der Waals surface area (Å²) in [7, 11) is 0.